The number of benzene rings is 4. The number of hydrogen-bond acceptors (Lipinski definition) is 3. The van der Waals surface area contributed by atoms with Crippen LogP contribution in [-0.2, 0) is 0 Å². The van der Waals surface area contributed by atoms with E-state index in [9.17, 15) is 0 Å². The van der Waals surface area contributed by atoms with Crippen molar-refractivity contribution < 1.29 is 0 Å². The Morgan fingerprint density at radius 2 is 1.47 bits per heavy atom. The van der Waals surface area contributed by atoms with E-state index in [0.717, 1.165) is 54.0 Å². The monoisotopic (exact) mass is 757 g/mol. The number of aromatic nitrogens is 3. The van der Waals surface area contributed by atoms with Crippen molar-refractivity contribution in [2.75, 3.05) is 0 Å². The van der Waals surface area contributed by atoms with Gasteiger partial charge in [-0.05, 0) is 74.6 Å². The van der Waals surface area contributed by atoms with Gasteiger partial charge >= 0.3 is 0 Å². The van der Waals surface area contributed by atoms with E-state index in [-0.39, 0.29) is 5.92 Å². The molecule has 0 saturated heterocycles. The predicted octanol–water partition coefficient (Wildman–Crippen LogP) is 13.9. The Hall–Kier alpha value is -5.45. The molecule has 5 unspecified atom stereocenters. The van der Waals surface area contributed by atoms with Crippen molar-refractivity contribution >= 4 is 33.6 Å². The number of hydrogen-bond donors (Lipinski definition) is 0. The molecule has 0 radical (unpaired) electrons. The summed E-state index contributed by atoms with van der Waals surface area (Å²) in [5.41, 5.74) is 11.8. The summed E-state index contributed by atoms with van der Waals surface area (Å²) < 4.78 is 2.71. The molecule has 0 fully saturated rings. The van der Waals surface area contributed by atoms with Crippen LogP contribution in [0.2, 0.25) is 0 Å². The van der Waals surface area contributed by atoms with Crippen LogP contribution in [0.1, 0.15) is 74.1 Å². The fourth-order valence-corrected chi connectivity index (χ4v) is 12.0. The Kier molecular flexibility index (Phi) is 9.03. The quantitative estimate of drug-likeness (QED) is 0.159. The molecule has 6 aromatic rings. The Morgan fingerprint density at radius 1 is 0.667 bits per heavy atom. The van der Waals surface area contributed by atoms with Crippen LogP contribution in [0.5, 0.6) is 0 Å². The van der Waals surface area contributed by atoms with Crippen molar-refractivity contribution in [2.24, 2.45) is 11.8 Å². The molecule has 2 aromatic heterocycles. The minimum Gasteiger partial charge on any atom is -0.333 e. The van der Waals surface area contributed by atoms with E-state index >= 15 is 0 Å². The van der Waals surface area contributed by atoms with Crippen LogP contribution in [0.15, 0.2) is 180 Å². The molecule has 4 aromatic carbocycles. The Balaban J connectivity index is 1.01. The van der Waals surface area contributed by atoms with Gasteiger partial charge in [0.25, 0.3) is 0 Å². The van der Waals surface area contributed by atoms with E-state index in [0.29, 0.717) is 29.0 Å². The number of rotatable bonds is 6. The molecule has 57 heavy (non-hydrogen) atoms. The predicted molar refractivity (Wildman–Crippen MR) is 239 cm³/mol. The number of para-hydroxylation sites is 1. The highest BCUT2D eigenvalue weighted by atomic mass is 32.2. The summed E-state index contributed by atoms with van der Waals surface area (Å²) in [6.45, 7) is 0. The average Bonchev–Trinajstić information content (AvgIpc) is 3.74. The van der Waals surface area contributed by atoms with E-state index in [1.165, 1.54) is 51.5 Å². The molecule has 0 N–H and O–H groups in total. The van der Waals surface area contributed by atoms with Gasteiger partial charge in [0.05, 0.1) is 17.3 Å². The lowest BCUT2D eigenvalue weighted by molar-refractivity contribution is 0.496. The lowest BCUT2D eigenvalue weighted by Crippen LogP contribution is -2.26. The summed E-state index contributed by atoms with van der Waals surface area (Å²) in [5, 5.41) is 3.24. The second-order valence-corrected chi connectivity index (χ2v) is 17.8. The molecule has 0 bridgehead atoms. The summed E-state index contributed by atoms with van der Waals surface area (Å²) in [4.78, 5) is 12.1. The third kappa shape index (κ3) is 6.30. The zero-order valence-corrected chi connectivity index (χ0v) is 33.1. The zero-order valence-electron chi connectivity index (χ0n) is 32.3. The molecule has 1 aliphatic heterocycles. The maximum Gasteiger partial charge on any atom is 0.160 e. The van der Waals surface area contributed by atoms with Gasteiger partial charge in [-0.15, -0.1) is 11.8 Å². The van der Waals surface area contributed by atoms with Gasteiger partial charge in [-0.3, -0.25) is 0 Å². The number of thioether (sulfide) groups is 1. The van der Waals surface area contributed by atoms with E-state index in [2.05, 4.69) is 180 Å². The highest BCUT2D eigenvalue weighted by Crippen LogP contribution is 2.57. The molecule has 5 aliphatic rings. The smallest absolute Gasteiger partial charge is 0.160 e. The summed E-state index contributed by atoms with van der Waals surface area (Å²) in [6, 6.07) is 37.9. The van der Waals surface area contributed by atoms with Gasteiger partial charge in [-0.2, -0.15) is 0 Å². The molecule has 11 rings (SSSR count). The fourth-order valence-electron chi connectivity index (χ4n) is 10.4. The van der Waals surface area contributed by atoms with Crippen LogP contribution >= 0.6 is 11.8 Å². The second kappa shape index (κ2) is 14.8. The molecule has 0 amide bonds. The van der Waals surface area contributed by atoms with Crippen LogP contribution < -0.4 is 0 Å². The highest BCUT2D eigenvalue weighted by Gasteiger charge is 2.43. The van der Waals surface area contributed by atoms with Crippen LogP contribution in [0, 0.1) is 11.8 Å². The molecule has 4 heteroatoms. The van der Waals surface area contributed by atoms with E-state index in [4.69, 9.17) is 9.97 Å². The summed E-state index contributed by atoms with van der Waals surface area (Å²) in [5.74, 6) is 2.26. The summed E-state index contributed by atoms with van der Waals surface area (Å²) in [6.07, 6.45) is 31.9. The van der Waals surface area contributed by atoms with Crippen molar-refractivity contribution in [3.63, 3.8) is 0 Å². The third-order valence-electron chi connectivity index (χ3n) is 13.2. The lowest BCUT2D eigenvalue weighted by Gasteiger charge is -2.33. The van der Waals surface area contributed by atoms with Gasteiger partial charge < -0.3 is 4.57 Å². The Morgan fingerprint density at radius 3 is 2.30 bits per heavy atom. The van der Waals surface area contributed by atoms with Gasteiger partial charge in [-0.1, -0.05) is 157 Å². The molecular formula is C53H47N3S. The van der Waals surface area contributed by atoms with Gasteiger partial charge in [0.15, 0.2) is 5.82 Å². The minimum atomic E-state index is 0.239. The van der Waals surface area contributed by atoms with Crippen molar-refractivity contribution in [3.05, 3.63) is 186 Å². The number of fused-ring (bicyclic) bond motifs is 7. The van der Waals surface area contributed by atoms with Crippen LogP contribution in [-0.4, -0.2) is 19.8 Å². The Bertz CT molecular complexity index is 2620. The molecule has 4 aliphatic carbocycles. The van der Waals surface area contributed by atoms with Gasteiger partial charge in [0.2, 0.25) is 0 Å². The first-order chi connectivity index (χ1) is 28.3. The van der Waals surface area contributed by atoms with Gasteiger partial charge in [-0.25, -0.2) is 9.97 Å². The fraction of sp³-hybridized carbons (Fsp3) is 0.245. The average molecular weight is 758 g/mol. The molecular weight excluding hydrogens is 711 g/mol. The summed E-state index contributed by atoms with van der Waals surface area (Å²) >= 11 is 2.14. The van der Waals surface area contributed by atoms with Gasteiger partial charge in [0, 0.05) is 61.0 Å². The number of nitrogens with zero attached hydrogens (tertiary/aromatic N) is 3. The standard InChI is InChI=1S/C53H47N3S/c1-5-16-35(17-6-1)38-28-29-39(33-40(32-38)47-34-46(36-18-7-2-8-19-36)54-53(55-47)37-20-9-3-10-21-37)42-25-15-26-45-50-49(57-52(42)45)31-30-44-43-24-13-14-27-48(43)56(51(44)50)41-22-11-4-12-23-41/h1-3,5-11,13-16,18-22,24,26-31,34-35,40-42,45,52H,4,12,17,23,25,32-33H2/t35?,40?,41?,42?,45-,52?/m1/s1. The molecule has 6 atom stereocenters. The molecule has 280 valence electrons. The van der Waals surface area contributed by atoms with Crippen LogP contribution in [0.4, 0.5) is 0 Å². The number of allylic oxidation sites excluding steroid dienone is 12. The molecule has 3 heterocycles. The van der Waals surface area contributed by atoms with Crippen molar-refractivity contribution in [3.8, 4) is 22.6 Å². The van der Waals surface area contributed by atoms with E-state index in [1.54, 1.807) is 11.1 Å². The van der Waals surface area contributed by atoms with E-state index in [1.807, 2.05) is 0 Å². The topological polar surface area (TPSA) is 30.7 Å². The van der Waals surface area contributed by atoms with E-state index < -0.39 is 0 Å². The third-order valence-corrected chi connectivity index (χ3v) is 14.7. The Labute approximate surface area is 340 Å². The first-order valence-electron chi connectivity index (χ1n) is 21.0. The van der Waals surface area contributed by atoms with Crippen molar-refractivity contribution in [1.82, 2.24) is 14.5 Å². The van der Waals surface area contributed by atoms with Crippen molar-refractivity contribution in [2.45, 2.75) is 73.0 Å². The molecule has 0 spiro atoms. The largest absolute Gasteiger partial charge is 0.333 e. The second-order valence-electron chi connectivity index (χ2n) is 16.5. The maximum atomic E-state index is 5.44. The SMILES string of the molecule is C1=CCC(C2=CC=C(C3CC=C[C@@H]4c5c(ccc6c7ccccc7n(C7C=CCCC7)c56)SC34)CC(c3cc(-c4ccccc4)nc(-c4ccccc4)n3)C2)C=C1. The normalized spacial score (nSPS) is 25.3. The van der Waals surface area contributed by atoms with Crippen molar-refractivity contribution in [1.29, 1.82) is 0 Å². The first kappa shape index (κ1) is 34.8. The highest BCUT2D eigenvalue weighted by molar-refractivity contribution is 8.00. The molecule has 0 saturated carbocycles. The zero-order chi connectivity index (χ0) is 37.7. The molecule has 3 nitrogen and oxygen atoms in total. The maximum absolute atomic E-state index is 5.44. The lowest BCUT2D eigenvalue weighted by atomic mass is 9.75. The first-order valence-corrected chi connectivity index (χ1v) is 21.9. The van der Waals surface area contributed by atoms with Gasteiger partial charge in [0.1, 0.15) is 0 Å². The summed E-state index contributed by atoms with van der Waals surface area (Å²) in [7, 11) is 0. The van der Waals surface area contributed by atoms with Crippen LogP contribution in [0.3, 0.4) is 0 Å². The minimum absolute atomic E-state index is 0.239. The van der Waals surface area contributed by atoms with Crippen LogP contribution in [0.25, 0.3) is 44.5 Å².